The highest BCUT2D eigenvalue weighted by Crippen LogP contribution is 2.35. The first-order valence-corrected chi connectivity index (χ1v) is 9.49. The molecule has 6 nitrogen and oxygen atoms in total. The zero-order valence-electron chi connectivity index (χ0n) is 13.9. The van der Waals surface area contributed by atoms with Crippen LogP contribution in [0.5, 0.6) is 11.5 Å². The van der Waals surface area contributed by atoms with Crippen molar-refractivity contribution in [3.05, 3.63) is 29.3 Å². The van der Waals surface area contributed by atoms with Crippen molar-refractivity contribution in [3.8, 4) is 22.1 Å². The molecular formula is C18H21N3O3S. The number of aromatic nitrogens is 1. The lowest BCUT2D eigenvalue weighted by Gasteiger charge is -2.26. The molecule has 3 N–H and O–H groups in total. The Hall–Kier alpha value is -2.12. The van der Waals surface area contributed by atoms with Crippen LogP contribution in [0.4, 0.5) is 0 Å². The van der Waals surface area contributed by atoms with E-state index in [2.05, 4.69) is 10.3 Å². The second-order valence-corrected chi connectivity index (χ2v) is 7.34. The fourth-order valence-electron chi connectivity index (χ4n) is 3.21. The third kappa shape index (κ3) is 3.62. The van der Waals surface area contributed by atoms with Crippen molar-refractivity contribution in [1.82, 2.24) is 10.3 Å². The van der Waals surface area contributed by atoms with Gasteiger partial charge in [0, 0.05) is 23.0 Å². The number of ether oxygens (including phenoxy) is 2. The summed E-state index contributed by atoms with van der Waals surface area (Å²) in [5, 5.41) is 5.68. The van der Waals surface area contributed by atoms with E-state index in [4.69, 9.17) is 15.2 Å². The summed E-state index contributed by atoms with van der Waals surface area (Å²) in [5.41, 5.74) is 7.30. The average Bonchev–Trinajstić information content (AvgIpc) is 3.13. The van der Waals surface area contributed by atoms with E-state index >= 15 is 0 Å². The first-order valence-electron chi connectivity index (χ1n) is 8.61. The lowest BCUT2D eigenvalue weighted by Crippen LogP contribution is -2.40. The number of nitrogens with one attached hydrogen (secondary N) is 1. The first-order chi connectivity index (χ1) is 12.2. The van der Waals surface area contributed by atoms with Gasteiger partial charge in [-0.3, -0.25) is 4.79 Å². The SMILES string of the molecule is NC1CCC(NC(=O)c2csc(-c3ccc4c(c3)OCCO4)n2)CC1. The molecule has 1 aromatic carbocycles. The fourth-order valence-corrected chi connectivity index (χ4v) is 4.01. The summed E-state index contributed by atoms with van der Waals surface area (Å²) in [4.78, 5) is 16.9. The van der Waals surface area contributed by atoms with Gasteiger partial charge >= 0.3 is 0 Å². The molecule has 0 unspecified atom stereocenters. The summed E-state index contributed by atoms with van der Waals surface area (Å²) < 4.78 is 11.1. The molecule has 0 atom stereocenters. The molecule has 0 radical (unpaired) electrons. The minimum absolute atomic E-state index is 0.111. The molecule has 1 aromatic heterocycles. The van der Waals surface area contributed by atoms with Crippen LogP contribution in [-0.2, 0) is 0 Å². The predicted octanol–water partition coefficient (Wildman–Crippen LogP) is 2.58. The Kier molecular flexibility index (Phi) is 4.59. The molecule has 132 valence electrons. The summed E-state index contributed by atoms with van der Waals surface area (Å²) in [5.74, 6) is 1.36. The number of nitrogens with zero attached hydrogens (tertiary/aromatic N) is 1. The zero-order valence-corrected chi connectivity index (χ0v) is 14.7. The van der Waals surface area contributed by atoms with E-state index < -0.39 is 0 Å². The van der Waals surface area contributed by atoms with Gasteiger partial charge < -0.3 is 20.5 Å². The highest BCUT2D eigenvalue weighted by atomic mass is 32.1. The second-order valence-electron chi connectivity index (χ2n) is 6.48. The molecule has 0 bridgehead atoms. The first kappa shape index (κ1) is 16.4. The van der Waals surface area contributed by atoms with Crippen LogP contribution in [0.25, 0.3) is 10.6 Å². The van der Waals surface area contributed by atoms with Crippen molar-refractivity contribution in [2.24, 2.45) is 5.73 Å². The molecule has 2 aromatic rings. The van der Waals surface area contributed by atoms with Gasteiger partial charge in [0.25, 0.3) is 5.91 Å². The van der Waals surface area contributed by atoms with Gasteiger partial charge in [-0.05, 0) is 43.9 Å². The summed E-state index contributed by atoms with van der Waals surface area (Å²) in [6.45, 7) is 1.12. The standard InChI is InChI=1S/C18H21N3O3S/c19-12-2-4-13(5-3-12)20-17(22)14-10-25-18(21-14)11-1-6-15-16(9-11)24-8-7-23-15/h1,6,9-10,12-13H,2-5,7-8,19H2,(H,20,22). The van der Waals surface area contributed by atoms with Gasteiger partial charge in [-0.15, -0.1) is 11.3 Å². The van der Waals surface area contributed by atoms with Crippen LogP contribution < -0.4 is 20.5 Å². The van der Waals surface area contributed by atoms with Crippen LogP contribution in [0.15, 0.2) is 23.6 Å². The maximum Gasteiger partial charge on any atom is 0.270 e. The molecule has 7 heteroatoms. The number of hydrogen-bond donors (Lipinski definition) is 2. The molecule has 0 saturated heterocycles. The van der Waals surface area contributed by atoms with Crippen LogP contribution in [-0.4, -0.2) is 36.2 Å². The number of thiazole rings is 1. The van der Waals surface area contributed by atoms with Gasteiger partial charge in [0.05, 0.1) is 0 Å². The zero-order chi connectivity index (χ0) is 17.2. The largest absolute Gasteiger partial charge is 0.486 e. The number of nitrogens with two attached hydrogens (primary N) is 1. The molecule has 1 amide bonds. The third-order valence-electron chi connectivity index (χ3n) is 4.63. The minimum Gasteiger partial charge on any atom is -0.486 e. The topological polar surface area (TPSA) is 86.5 Å². The number of carbonyl (C=O) groups excluding carboxylic acids is 1. The van der Waals surface area contributed by atoms with E-state index in [1.165, 1.54) is 11.3 Å². The molecule has 1 aliphatic carbocycles. The average molecular weight is 359 g/mol. The Labute approximate surface area is 150 Å². The summed E-state index contributed by atoms with van der Waals surface area (Å²) in [6.07, 6.45) is 3.80. The lowest BCUT2D eigenvalue weighted by atomic mass is 9.92. The van der Waals surface area contributed by atoms with Gasteiger partial charge in [0.15, 0.2) is 11.5 Å². The predicted molar refractivity (Wildman–Crippen MR) is 96.2 cm³/mol. The Morgan fingerprint density at radius 3 is 2.72 bits per heavy atom. The molecule has 4 rings (SSSR count). The number of benzene rings is 1. The van der Waals surface area contributed by atoms with Crippen LogP contribution in [0.1, 0.15) is 36.2 Å². The quantitative estimate of drug-likeness (QED) is 0.880. The van der Waals surface area contributed by atoms with E-state index in [-0.39, 0.29) is 18.0 Å². The van der Waals surface area contributed by atoms with Crippen molar-refractivity contribution in [2.75, 3.05) is 13.2 Å². The van der Waals surface area contributed by atoms with Crippen molar-refractivity contribution < 1.29 is 14.3 Å². The maximum absolute atomic E-state index is 12.4. The molecule has 1 saturated carbocycles. The van der Waals surface area contributed by atoms with E-state index in [1.807, 2.05) is 18.2 Å². The van der Waals surface area contributed by atoms with E-state index in [1.54, 1.807) is 5.38 Å². The van der Waals surface area contributed by atoms with Crippen LogP contribution in [0.3, 0.4) is 0 Å². The number of rotatable bonds is 3. The number of fused-ring (bicyclic) bond motifs is 1. The van der Waals surface area contributed by atoms with Crippen molar-refractivity contribution in [1.29, 1.82) is 0 Å². The Balaban J connectivity index is 1.45. The second kappa shape index (κ2) is 7.01. The van der Waals surface area contributed by atoms with Crippen molar-refractivity contribution in [3.63, 3.8) is 0 Å². The van der Waals surface area contributed by atoms with Gasteiger partial charge in [0.2, 0.25) is 0 Å². The molecule has 1 fully saturated rings. The molecular weight excluding hydrogens is 338 g/mol. The number of hydrogen-bond acceptors (Lipinski definition) is 6. The fraction of sp³-hybridized carbons (Fsp3) is 0.444. The molecule has 0 spiro atoms. The Morgan fingerprint density at radius 2 is 1.92 bits per heavy atom. The maximum atomic E-state index is 12.4. The molecule has 1 aliphatic heterocycles. The van der Waals surface area contributed by atoms with E-state index in [0.29, 0.717) is 18.9 Å². The molecule has 2 aliphatic rings. The Bertz CT molecular complexity index is 769. The van der Waals surface area contributed by atoms with Crippen molar-refractivity contribution >= 4 is 17.2 Å². The summed E-state index contributed by atoms with van der Waals surface area (Å²) in [7, 11) is 0. The van der Waals surface area contributed by atoms with Gasteiger partial charge in [-0.25, -0.2) is 4.98 Å². The van der Waals surface area contributed by atoms with Crippen molar-refractivity contribution in [2.45, 2.75) is 37.8 Å². The molecule has 25 heavy (non-hydrogen) atoms. The van der Waals surface area contributed by atoms with Crippen LogP contribution in [0, 0.1) is 0 Å². The van der Waals surface area contributed by atoms with E-state index in [0.717, 1.165) is 47.8 Å². The highest BCUT2D eigenvalue weighted by molar-refractivity contribution is 7.13. The monoisotopic (exact) mass is 359 g/mol. The van der Waals surface area contributed by atoms with Crippen LogP contribution >= 0.6 is 11.3 Å². The van der Waals surface area contributed by atoms with E-state index in [9.17, 15) is 4.79 Å². The minimum atomic E-state index is -0.111. The van der Waals surface area contributed by atoms with Gasteiger partial charge in [0.1, 0.15) is 23.9 Å². The summed E-state index contributed by atoms with van der Waals surface area (Å²) in [6, 6.07) is 6.21. The van der Waals surface area contributed by atoms with Crippen LogP contribution in [0.2, 0.25) is 0 Å². The summed E-state index contributed by atoms with van der Waals surface area (Å²) >= 11 is 1.46. The van der Waals surface area contributed by atoms with Gasteiger partial charge in [-0.2, -0.15) is 0 Å². The highest BCUT2D eigenvalue weighted by Gasteiger charge is 2.22. The lowest BCUT2D eigenvalue weighted by molar-refractivity contribution is 0.0921. The third-order valence-corrected chi connectivity index (χ3v) is 5.52. The number of amides is 1. The van der Waals surface area contributed by atoms with Gasteiger partial charge in [-0.1, -0.05) is 0 Å². The molecule has 2 heterocycles. The number of carbonyl (C=O) groups is 1. The normalized spacial score (nSPS) is 22.4. The Morgan fingerprint density at radius 1 is 1.16 bits per heavy atom. The smallest absolute Gasteiger partial charge is 0.270 e.